The van der Waals surface area contributed by atoms with Crippen LogP contribution in [0, 0.1) is 11.8 Å². The third kappa shape index (κ3) is 4.20. The van der Waals surface area contributed by atoms with Gasteiger partial charge in [0.25, 0.3) is 0 Å². The summed E-state index contributed by atoms with van der Waals surface area (Å²) >= 11 is 6.05. The zero-order valence-electron chi connectivity index (χ0n) is 13.8. The fraction of sp³-hybridized carbons (Fsp3) is 0.375. The highest BCUT2D eigenvalue weighted by molar-refractivity contribution is 7.89. The van der Waals surface area contributed by atoms with Crippen molar-refractivity contribution in [2.24, 2.45) is 11.8 Å². The summed E-state index contributed by atoms with van der Waals surface area (Å²) in [5.41, 5.74) is 0.133. The van der Waals surface area contributed by atoms with Crippen LogP contribution in [-0.4, -0.2) is 43.8 Å². The largest absolute Gasteiger partial charge is 0.481 e. The molecule has 0 spiro atoms. The van der Waals surface area contributed by atoms with Crippen LogP contribution >= 0.6 is 11.6 Å². The molecule has 0 bridgehead atoms. The highest BCUT2D eigenvalue weighted by Crippen LogP contribution is 2.30. The van der Waals surface area contributed by atoms with E-state index in [0.29, 0.717) is 6.42 Å². The summed E-state index contributed by atoms with van der Waals surface area (Å²) in [6.45, 7) is 0. The van der Waals surface area contributed by atoms with Gasteiger partial charge in [-0.05, 0) is 31.0 Å². The molecule has 1 aliphatic rings. The first-order valence-electron chi connectivity index (χ1n) is 7.55. The first kappa shape index (κ1) is 19.4. The van der Waals surface area contributed by atoms with Crippen molar-refractivity contribution in [1.82, 2.24) is 4.31 Å². The number of nitrogens with one attached hydrogen (secondary N) is 1. The molecule has 0 heterocycles. The van der Waals surface area contributed by atoms with E-state index in [9.17, 15) is 23.1 Å². The van der Waals surface area contributed by atoms with Crippen molar-refractivity contribution in [2.75, 3.05) is 19.4 Å². The molecule has 2 atom stereocenters. The summed E-state index contributed by atoms with van der Waals surface area (Å²) in [5.74, 6) is -3.11. The third-order valence-electron chi connectivity index (χ3n) is 4.06. The van der Waals surface area contributed by atoms with Gasteiger partial charge in [-0.15, -0.1) is 0 Å². The van der Waals surface area contributed by atoms with Crippen LogP contribution in [-0.2, 0) is 19.6 Å². The van der Waals surface area contributed by atoms with Crippen molar-refractivity contribution in [3.8, 4) is 0 Å². The van der Waals surface area contributed by atoms with E-state index in [1.54, 1.807) is 12.2 Å². The summed E-state index contributed by atoms with van der Waals surface area (Å²) in [5, 5.41) is 12.0. The van der Waals surface area contributed by atoms with Crippen LogP contribution in [0.2, 0.25) is 5.02 Å². The number of nitrogens with zero attached hydrogens (tertiary/aromatic N) is 1. The second kappa shape index (κ2) is 7.55. The Balaban J connectivity index is 2.29. The van der Waals surface area contributed by atoms with E-state index >= 15 is 0 Å². The van der Waals surface area contributed by atoms with E-state index in [1.165, 1.54) is 32.3 Å². The lowest BCUT2D eigenvalue weighted by Gasteiger charge is -2.24. The summed E-state index contributed by atoms with van der Waals surface area (Å²) < 4.78 is 25.5. The van der Waals surface area contributed by atoms with Crippen molar-refractivity contribution in [3.05, 3.63) is 35.4 Å². The SMILES string of the molecule is CN(C)S(=O)(=O)c1ccc(Cl)c(NC(=O)C2CC=CCC2C(=O)O)c1. The normalized spacial score (nSPS) is 20.5. The second-order valence-electron chi connectivity index (χ2n) is 5.91. The number of carbonyl (C=O) groups is 2. The average Bonchev–Trinajstić information content (AvgIpc) is 2.56. The Labute approximate surface area is 151 Å². The maximum absolute atomic E-state index is 12.5. The van der Waals surface area contributed by atoms with Crippen molar-refractivity contribution >= 4 is 39.2 Å². The molecule has 1 aromatic rings. The molecule has 25 heavy (non-hydrogen) atoms. The number of anilines is 1. The summed E-state index contributed by atoms with van der Waals surface area (Å²) in [4.78, 5) is 23.8. The molecule has 1 aromatic carbocycles. The fourth-order valence-electron chi connectivity index (χ4n) is 2.57. The van der Waals surface area contributed by atoms with E-state index in [2.05, 4.69) is 5.32 Å². The molecule has 0 saturated carbocycles. The van der Waals surface area contributed by atoms with Gasteiger partial charge in [0.1, 0.15) is 0 Å². The third-order valence-corrected chi connectivity index (χ3v) is 6.20. The number of carboxylic acids is 1. The van der Waals surface area contributed by atoms with E-state index < -0.39 is 33.7 Å². The first-order valence-corrected chi connectivity index (χ1v) is 9.37. The Hall–Kier alpha value is -1.90. The molecule has 2 unspecified atom stereocenters. The number of carbonyl (C=O) groups excluding carboxylic acids is 1. The van der Waals surface area contributed by atoms with Gasteiger partial charge in [-0.2, -0.15) is 0 Å². The van der Waals surface area contributed by atoms with E-state index in [1.807, 2.05) is 0 Å². The Morgan fingerprint density at radius 1 is 1.20 bits per heavy atom. The number of amides is 1. The topological polar surface area (TPSA) is 104 Å². The smallest absolute Gasteiger partial charge is 0.307 e. The molecule has 2 rings (SSSR count). The van der Waals surface area contributed by atoms with E-state index in [-0.39, 0.29) is 22.0 Å². The van der Waals surface area contributed by atoms with Gasteiger partial charge in [0.05, 0.1) is 27.4 Å². The van der Waals surface area contributed by atoms with Gasteiger partial charge in [0.15, 0.2) is 0 Å². The number of sulfonamides is 1. The van der Waals surface area contributed by atoms with E-state index in [4.69, 9.17) is 11.6 Å². The molecule has 0 radical (unpaired) electrons. The number of rotatable bonds is 5. The molecule has 0 saturated heterocycles. The number of carboxylic acid groups (broad SMARTS) is 1. The number of hydrogen-bond acceptors (Lipinski definition) is 4. The number of allylic oxidation sites excluding steroid dienone is 2. The maximum atomic E-state index is 12.5. The first-order chi connectivity index (χ1) is 11.6. The van der Waals surface area contributed by atoms with Crippen molar-refractivity contribution < 1.29 is 23.1 Å². The molecule has 136 valence electrons. The maximum Gasteiger partial charge on any atom is 0.307 e. The fourth-order valence-corrected chi connectivity index (χ4v) is 3.67. The second-order valence-corrected chi connectivity index (χ2v) is 8.47. The minimum absolute atomic E-state index is 0.0180. The van der Waals surface area contributed by atoms with Crippen LogP contribution < -0.4 is 5.32 Å². The number of halogens is 1. The molecular weight excluding hydrogens is 368 g/mol. The van der Waals surface area contributed by atoms with Crippen LogP contribution in [0.4, 0.5) is 5.69 Å². The van der Waals surface area contributed by atoms with Gasteiger partial charge >= 0.3 is 5.97 Å². The van der Waals surface area contributed by atoms with Gasteiger partial charge in [-0.3, -0.25) is 9.59 Å². The van der Waals surface area contributed by atoms with Crippen molar-refractivity contribution in [2.45, 2.75) is 17.7 Å². The van der Waals surface area contributed by atoms with Gasteiger partial charge < -0.3 is 10.4 Å². The zero-order chi connectivity index (χ0) is 18.8. The van der Waals surface area contributed by atoms with Crippen LogP contribution in [0.25, 0.3) is 0 Å². The monoisotopic (exact) mass is 386 g/mol. The molecule has 0 aliphatic heterocycles. The lowest BCUT2D eigenvalue weighted by Crippen LogP contribution is -2.34. The number of hydrogen-bond donors (Lipinski definition) is 2. The molecular formula is C16H19ClN2O5S. The lowest BCUT2D eigenvalue weighted by atomic mass is 9.82. The summed E-state index contributed by atoms with van der Waals surface area (Å²) in [6, 6.07) is 3.99. The Morgan fingerprint density at radius 2 is 1.80 bits per heavy atom. The number of aliphatic carboxylic acids is 1. The lowest BCUT2D eigenvalue weighted by molar-refractivity contribution is -0.146. The van der Waals surface area contributed by atoms with Crippen LogP contribution in [0.5, 0.6) is 0 Å². The van der Waals surface area contributed by atoms with Gasteiger partial charge in [-0.1, -0.05) is 23.8 Å². The Morgan fingerprint density at radius 3 is 2.36 bits per heavy atom. The predicted molar refractivity (Wildman–Crippen MR) is 93.9 cm³/mol. The molecule has 0 aromatic heterocycles. The molecule has 0 fully saturated rings. The summed E-state index contributed by atoms with van der Waals surface area (Å²) in [6.07, 6.45) is 4.07. The van der Waals surface area contributed by atoms with Gasteiger partial charge in [0, 0.05) is 14.1 Å². The van der Waals surface area contributed by atoms with Crippen molar-refractivity contribution in [1.29, 1.82) is 0 Å². The molecule has 1 aliphatic carbocycles. The van der Waals surface area contributed by atoms with E-state index in [0.717, 1.165) is 4.31 Å². The number of benzene rings is 1. The molecule has 1 amide bonds. The molecule has 9 heteroatoms. The Kier molecular flexibility index (Phi) is 5.87. The molecule has 2 N–H and O–H groups in total. The van der Waals surface area contributed by atoms with Crippen LogP contribution in [0.3, 0.4) is 0 Å². The zero-order valence-corrected chi connectivity index (χ0v) is 15.3. The van der Waals surface area contributed by atoms with Gasteiger partial charge in [-0.25, -0.2) is 12.7 Å². The summed E-state index contributed by atoms with van der Waals surface area (Å²) in [7, 11) is -0.889. The van der Waals surface area contributed by atoms with Crippen molar-refractivity contribution in [3.63, 3.8) is 0 Å². The quantitative estimate of drug-likeness (QED) is 0.755. The van der Waals surface area contributed by atoms with Gasteiger partial charge in [0.2, 0.25) is 15.9 Å². The minimum atomic E-state index is -3.68. The standard InChI is InChI=1S/C16H19ClN2O5S/c1-19(2)25(23,24)10-7-8-13(17)14(9-10)18-15(20)11-5-3-4-6-12(11)16(21)22/h3-4,7-9,11-12H,5-6H2,1-2H3,(H,18,20)(H,21,22). The molecule has 7 nitrogen and oxygen atoms in total. The Bertz CT molecular complexity index is 820. The minimum Gasteiger partial charge on any atom is -0.481 e. The highest BCUT2D eigenvalue weighted by Gasteiger charge is 2.34. The predicted octanol–water partition coefficient (Wildman–Crippen LogP) is 2.20. The average molecular weight is 387 g/mol. The van der Waals surface area contributed by atoms with Crippen LogP contribution in [0.15, 0.2) is 35.2 Å². The highest BCUT2D eigenvalue weighted by atomic mass is 35.5. The van der Waals surface area contributed by atoms with Crippen LogP contribution in [0.1, 0.15) is 12.8 Å².